The average molecular weight is 429 g/mol. The first-order valence-electron chi connectivity index (χ1n) is 10.4. The summed E-state index contributed by atoms with van der Waals surface area (Å²) in [6, 6.07) is 10.1. The maximum atomic E-state index is 9.17. The van der Waals surface area contributed by atoms with Crippen molar-refractivity contribution < 1.29 is 5.11 Å². The lowest BCUT2D eigenvalue weighted by Gasteiger charge is -2.09. The van der Waals surface area contributed by atoms with Crippen molar-refractivity contribution in [3.8, 4) is 11.1 Å². The summed E-state index contributed by atoms with van der Waals surface area (Å²) < 4.78 is 3.65. The molecule has 5 aromatic rings. The number of aliphatic hydroxyl groups is 1. The average Bonchev–Trinajstić information content (AvgIpc) is 3.27. The van der Waals surface area contributed by atoms with E-state index in [1.807, 2.05) is 44.6 Å². The third-order valence-corrected chi connectivity index (χ3v) is 5.59. The Bertz CT molecular complexity index is 1450. The van der Waals surface area contributed by atoms with Gasteiger partial charge in [0.2, 0.25) is 5.95 Å². The van der Waals surface area contributed by atoms with E-state index in [9.17, 15) is 5.11 Å². The van der Waals surface area contributed by atoms with Crippen molar-refractivity contribution in [1.29, 1.82) is 0 Å². The first-order valence-corrected chi connectivity index (χ1v) is 10.4. The lowest BCUT2D eigenvalue weighted by atomic mass is 10.0. The van der Waals surface area contributed by atoms with Crippen LogP contribution in [0.4, 0.5) is 5.95 Å². The second-order valence-corrected chi connectivity index (χ2v) is 7.90. The van der Waals surface area contributed by atoms with Crippen molar-refractivity contribution in [2.24, 2.45) is 7.05 Å². The summed E-state index contributed by atoms with van der Waals surface area (Å²) in [5.41, 5.74) is 7.37. The highest BCUT2D eigenvalue weighted by Gasteiger charge is 2.18. The summed E-state index contributed by atoms with van der Waals surface area (Å²) in [4.78, 5) is 13.5. The van der Waals surface area contributed by atoms with Crippen molar-refractivity contribution in [2.45, 2.75) is 33.9 Å². The minimum atomic E-state index is -0.0703. The van der Waals surface area contributed by atoms with Crippen LogP contribution in [0.5, 0.6) is 0 Å². The molecule has 162 valence electrons. The number of rotatable bonds is 5. The molecule has 0 bridgehead atoms. The van der Waals surface area contributed by atoms with E-state index >= 15 is 0 Å². The predicted octanol–water partition coefficient (Wildman–Crippen LogP) is 3.10. The van der Waals surface area contributed by atoms with Crippen molar-refractivity contribution in [2.75, 3.05) is 5.32 Å². The second-order valence-electron chi connectivity index (χ2n) is 7.90. The standard InChI is InChI=1S/C23H24N8O/c1-13-19-9-17(6-8-20(19)30(4)28-13)21-14(2)29-31-22(21)26-15(3)27-23(31)25-11-16-5-7-18(12-32)24-10-16/h5-10,32H,11-12H2,1-4H3,(H,25,26,27). The highest BCUT2D eigenvalue weighted by molar-refractivity contribution is 5.90. The normalized spacial score (nSPS) is 11.5. The third kappa shape index (κ3) is 3.36. The van der Waals surface area contributed by atoms with E-state index in [1.54, 1.807) is 10.7 Å². The van der Waals surface area contributed by atoms with E-state index in [2.05, 4.69) is 38.6 Å². The van der Waals surface area contributed by atoms with Crippen LogP contribution in [-0.2, 0) is 20.2 Å². The molecule has 0 aliphatic carbocycles. The number of hydrogen-bond donors (Lipinski definition) is 2. The largest absolute Gasteiger partial charge is 0.390 e. The van der Waals surface area contributed by atoms with E-state index in [0.717, 1.165) is 44.6 Å². The van der Waals surface area contributed by atoms with Gasteiger partial charge in [0.25, 0.3) is 0 Å². The van der Waals surface area contributed by atoms with Crippen LogP contribution in [0.1, 0.15) is 28.5 Å². The van der Waals surface area contributed by atoms with Crippen molar-refractivity contribution in [3.63, 3.8) is 0 Å². The number of nitrogens with one attached hydrogen (secondary N) is 1. The van der Waals surface area contributed by atoms with Gasteiger partial charge in [-0.3, -0.25) is 9.67 Å². The summed E-state index contributed by atoms with van der Waals surface area (Å²) in [7, 11) is 1.96. The SMILES string of the molecule is Cc1nc(NCc2ccc(CO)nc2)n2nc(C)c(-c3ccc4c(c3)c(C)nn4C)c2n1. The molecule has 0 radical (unpaired) electrons. The summed E-state index contributed by atoms with van der Waals surface area (Å²) >= 11 is 0. The number of aliphatic hydroxyl groups excluding tert-OH is 1. The Morgan fingerprint density at radius 2 is 1.84 bits per heavy atom. The molecule has 1 aromatic carbocycles. The lowest BCUT2D eigenvalue weighted by Crippen LogP contribution is -2.10. The molecular weight excluding hydrogens is 404 g/mol. The first kappa shape index (κ1) is 20.1. The third-order valence-electron chi connectivity index (χ3n) is 5.59. The molecule has 0 aliphatic rings. The Kier molecular flexibility index (Phi) is 4.82. The number of aromatic nitrogens is 7. The van der Waals surface area contributed by atoms with Crippen LogP contribution >= 0.6 is 0 Å². The monoisotopic (exact) mass is 428 g/mol. The van der Waals surface area contributed by atoms with E-state index in [4.69, 9.17) is 10.1 Å². The molecule has 4 heterocycles. The topological polar surface area (TPSA) is 106 Å². The fraction of sp³-hybridized carbons (Fsp3) is 0.261. The minimum absolute atomic E-state index is 0.0703. The minimum Gasteiger partial charge on any atom is -0.390 e. The molecule has 5 rings (SSSR count). The first-order chi connectivity index (χ1) is 15.4. The maximum absolute atomic E-state index is 9.17. The molecular formula is C23H24N8O. The smallest absolute Gasteiger partial charge is 0.227 e. The molecule has 0 aliphatic heterocycles. The van der Waals surface area contributed by atoms with Crippen molar-refractivity contribution >= 4 is 22.5 Å². The molecule has 0 fully saturated rings. The molecule has 0 saturated carbocycles. The fourth-order valence-electron chi connectivity index (χ4n) is 4.03. The molecule has 0 spiro atoms. The van der Waals surface area contributed by atoms with Crippen LogP contribution in [0.3, 0.4) is 0 Å². The van der Waals surface area contributed by atoms with E-state index in [0.29, 0.717) is 24.0 Å². The maximum Gasteiger partial charge on any atom is 0.227 e. The van der Waals surface area contributed by atoms with Crippen LogP contribution in [0.15, 0.2) is 36.5 Å². The number of hydrogen-bond acceptors (Lipinski definition) is 7. The predicted molar refractivity (Wildman–Crippen MR) is 122 cm³/mol. The Hall–Kier alpha value is -3.85. The lowest BCUT2D eigenvalue weighted by molar-refractivity contribution is 0.277. The molecule has 0 atom stereocenters. The number of pyridine rings is 1. The van der Waals surface area contributed by atoms with E-state index in [1.165, 1.54) is 0 Å². The number of nitrogens with zero attached hydrogens (tertiary/aromatic N) is 7. The number of anilines is 1. The van der Waals surface area contributed by atoms with Gasteiger partial charge in [-0.2, -0.15) is 19.7 Å². The van der Waals surface area contributed by atoms with Gasteiger partial charge in [0.1, 0.15) is 5.82 Å². The van der Waals surface area contributed by atoms with Crippen LogP contribution < -0.4 is 5.32 Å². The van der Waals surface area contributed by atoms with Crippen LogP contribution in [-0.4, -0.2) is 39.5 Å². The molecule has 0 unspecified atom stereocenters. The Balaban J connectivity index is 1.56. The van der Waals surface area contributed by atoms with Crippen molar-refractivity contribution in [1.82, 2.24) is 34.3 Å². The number of fused-ring (bicyclic) bond motifs is 2. The zero-order valence-electron chi connectivity index (χ0n) is 18.5. The Labute approximate surface area is 184 Å². The van der Waals surface area contributed by atoms with Gasteiger partial charge in [-0.25, -0.2) is 4.98 Å². The highest BCUT2D eigenvalue weighted by Crippen LogP contribution is 2.31. The Morgan fingerprint density at radius 1 is 1.00 bits per heavy atom. The zero-order chi connectivity index (χ0) is 22.4. The van der Waals surface area contributed by atoms with Gasteiger partial charge in [0.15, 0.2) is 5.65 Å². The quantitative estimate of drug-likeness (QED) is 0.443. The van der Waals surface area contributed by atoms with Crippen LogP contribution in [0.25, 0.3) is 27.7 Å². The van der Waals surface area contributed by atoms with Gasteiger partial charge >= 0.3 is 0 Å². The van der Waals surface area contributed by atoms with Gasteiger partial charge in [-0.1, -0.05) is 12.1 Å². The highest BCUT2D eigenvalue weighted by atomic mass is 16.3. The molecule has 9 nitrogen and oxygen atoms in total. The molecule has 32 heavy (non-hydrogen) atoms. The fourth-order valence-corrected chi connectivity index (χ4v) is 4.03. The van der Waals surface area contributed by atoms with Crippen LogP contribution in [0.2, 0.25) is 0 Å². The molecule has 4 aromatic heterocycles. The summed E-state index contributed by atoms with van der Waals surface area (Å²) in [5, 5.41) is 22.9. The zero-order valence-corrected chi connectivity index (χ0v) is 18.5. The van der Waals surface area contributed by atoms with Crippen LogP contribution in [0, 0.1) is 20.8 Å². The van der Waals surface area contributed by atoms with Gasteiger partial charge in [-0.15, -0.1) is 0 Å². The van der Waals surface area contributed by atoms with Gasteiger partial charge in [-0.05, 0) is 50.1 Å². The van der Waals surface area contributed by atoms with E-state index in [-0.39, 0.29) is 6.61 Å². The van der Waals surface area contributed by atoms with Crippen molar-refractivity contribution in [3.05, 3.63) is 65.0 Å². The second kappa shape index (κ2) is 7.69. The summed E-state index contributed by atoms with van der Waals surface area (Å²) in [5.74, 6) is 1.28. The van der Waals surface area contributed by atoms with E-state index < -0.39 is 0 Å². The molecule has 9 heteroatoms. The Morgan fingerprint density at radius 3 is 2.59 bits per heavy atom. The molecule has 0 amide bonds. The van der Waals surface area contributed by atoms with Gasteiger partial charge < -0.3 is 10.4 Å². The molecule has 2 N–H and O–H groups in total. The number of benzene rings is 1. The van der Waals surface area contributed by atoms with Gasteiger partial charge in [0, 0.05) is 30.7 Å². The summed E-state index contributed by atoms with van der Waals surface area (Å²) in [6.45, 7) is 6.34. The van der Waals surface area contributed by atoms with Gasteiger partial charge in [0.05, 0.1) is 29.2 Å². The molecule has 0 saturated heterocycles. The summed E-state index contributed by atoms with van der Waals surface area (Å²) in [6.07, 6.45) is 1.75. The number of aryl methyl sites for hydroxylation is 4.